The van der Waals surface area contributed by atoms with E-state index in [1.54, 1.807) is 11.9 Å². The van der Waals surface area contributed by atoms with Crippen LogP contribution in [0, 0.1) is 12.8 Å². The highest BCUT2D eigenvalue weighted by molar-refractivity contribution is 6.35. The van der Waals surface area contributed by atoms with Crippen LogP contribution in [0.5, 0.6) is 0 Å². The van der Waals surface area contributed by atoms with E-state index in [0.29, 0.717) is 24.4 Å². The van der Waals surface area contributed by atoms with Crippen molar-refractivity contribution in [2.24, 2.45) is 5.92 Å². The van der Waals surface area contributed by atoms with Crippen molar-refractivity contribution in [1.29, 1.82) is 0 Å². The van der Waals surface area contributed by atoms with Gasteiger partial charge in [0.1, 0.15) is 5.70 Å². The summed E-state index contributed by atoms with van der Waals surface area (Å²) in [6.07, 6.45) is 0. The molecule has 0 aromatic heterocycles. The van der Waals surface area contributed by atoms with E-state index in [1.165, 1.54) is 4.90 Å². The second kappa shape index (κ2) is 6.96. The Morgan fingerprint density at radius 1 is 1.13 bits per heavy atom. The summed E-state index contributed by atoms with van der Waals surface area (Å²) < 4.78 is 0. The molecular formula is C18H24N2O3. The van der Waals surface area contributed by atoms with Gasteiger partial charge in [0.25, 0.3) is 11.8 Å². The van der Waals surface area contributed by atoms with Gasteiger partial charge in [-0.3, -0.25) is 14.5 Å². The number of amides is 2. The van der Waals surface area contributed by atoms with E-state index in [4.69, 9.17) is 0 Å². The van der Waals surface area contributed by atoms with E-state index >= 15 is 0 Å². The third-order valence-electron chi connectivity index (χ3n) is 3.85. The Morgan fingerprint density at radius 3 is 2.26 bits per heavy atom. The summed E-state index contributed by atoms with van der Waals surface area (Å²) in [5.41, 5.74) is 2.62. The van der Waals surface area contributed by atoms with Crippen molar-refractivity contribution >= 4 is 17.4 Å². The monoisotopic (exact) mass is 316 g/mol. The molecule has 0 bridgehead atoms. The number of aliphatic hydroxyl groups excluding tert-OH is 1. The number of carbonyl (C=O) groups excluding carboxylic acids is 2. The van der Waals surface area contributed by atoms with Crippen LogP contribution in [0.15, 0.2) is 30.0 Å². The molecule has 2 amide bonds. The van der Waals surface area contributed by atoms with Gasteiger partial charge < -0.3 is 10.0 Å². The predicted octanol–water partition coefficient (Wildman–Crippen LogP) is 1.66. The van der Waals surface area contributed by atoms with Gasteiger partial charge in [0.15, 0.2) is 0 Å². The van der Waals surface area contributed by atoms with Crippen LogP contribution in [-0.4, -0.2) is 53.5 Å². The van der Waals surface area contributed by atoms with E-state index in [9.17, 15) is 14.7 Å². The molecule has 0 fully saturated rings. The number of imide groups is 1. The number of aryl methyl sites for hydroxylation is 1. The van der Waals surface area contributed by atoms with Crippen molar-refractivity contribution in [3.63, 3.8) is 0 Å². The molecule has 0 unspecified atom stereocenters. The van der Waals surface area contributed by atoms with Gasteiger partial charge in [0.2, 0.25) is 0 Å². The van der Waals surface area contributed by atoms with Crippen molar-refractivity contribution < 1.29 is 14.7 Å². The normalized spacial score (nSPS) is 15.1. The van der Waals surface area contributed by atoms with Gasteiger partial charge >= 0.3 is 0 Å². The van der Waals surface area contributed by atoms with Crippen molar-refractivity contribution in [3.05, 3.63) is 41.1 Å². The first-order chi connectivity index (χ1) is 10.9. The number of hydrogen-bond acceptors (Lipinski definition) is 4. The molecule has 0 saturated carbocycles. The Kier molecular flexibility index (Phi) is 5.21. The first-order valence-electron chi connectivity index (χ1n) is 7.86. The topological polar surface area (TPSA) is 60.9 Å². The third-order valence-corrected chi connectivity index (χ3v) is 3.85. The van der Waals surface area contributed by atoms with Crippen molar-refractivity contribution in [1.82, 2.24) is 9.80 Å². The van der Waals surface area contributed by atoms with Crippen LogP contribution >= 0.6 is 0 Å². The number of likely N-dealkylation sites (N-methyl/N-ethyl adjacent to an activating group) is 1. The van der Waals surface area contributed by atoms with Gasteiger partial charge in [0, 0.05) is 20.1 Å². The molecule has 1 aromatic rings. The second-order valence-electron chi connectivity index (χ2n) is 6.35. The lowest BCUT2D eigenvalue weighted by Crippen LogP contribution is -2.37. The quantitative estimate of drug-likeness (QED) is 0.811. The van der Waals surface area contributed by atoms with Crippen LogP contribution < -0.4 is 0 Å². The number of rotatable bonds is 6. The van der Waals surface area contributed by atoms with E-state index in [2.05, 4.69) is 0 Å². The highest BCUT2D eigenvalue weighted by Gasteiger charge is 2.40. The fraction of sp³-hybridized carbons (Fsp3) is 0.444. The van der Waals surface area contributed by atoms with Crippen LogP contribution in [-0.2, 0) is 9.59 Å². The van der Waals surface area contributed by atoms with Crippen LogP contribution in [0.25, 0.3) is 5.57 Å². The molecule has 5 nitrogen and oxygen atoms in total. The summed E-state index contributed by atoms with van der Waals surface area (Å²) in [7, 11) is 1.73. The minimum atomic E-state index is -0.282. The first-order valence-corrected chi connectivity index (χ1v) is 7.86. The van der Waals surface area contributed by atoms with Crippen LogP contribution in [0.2, 0.25) is 0 Å². The molecule has 1 heterocycles. The molecular weight excluding hydrogens is 292 g/mol. The Hall–Kier alpha value is -2.14. The van der Waals surface area contributed by atoms with E-state index in [1.807, 2.05) is 45.0 Å². The van der Waals surface area contributed by atoms with Gasteiger partial charge in [-0.15, -0.1) is 0 Å². The first kappa shape index (κ1) is 17.2. The maximum Gasteiger partial charge on any atom is 0.277 e. The minimum absolute atomic E-state index is 0.0766. The zero-order valence-corrected chi connectivity index (χ0v) is 14.2. The van der Waals surface area contributed by atoms with E-state index in [0.717, 1.165) is 11.1 Å². The van der Waals surface area contributed by atoms with Gasteiger partial charge in [-0.05, 0) is 18.4 Å². The zero-order chi connectivity index (χ0) is 17.1. The molecule has 124 valence electrons. The Labute approximate surface area is 137 Å². The van der Waals surface area contributed by atoms with Gasteiger partial charge in [-0.1, -0.05) is 43.7 Å². The summed E-state index contributed by atoms with van der Waals surface area (Å²) in [6, 6.07) is 7.58. The van der Waals surface area contributed by atoms with Crippen LogP contribution in [0.3, 0.4) is 0 Å². The fourth-order valence-electron chi connectivity index (χ4n) is 2.69. The number of nitrogens with zero attached hydrogens (tertiary/aromatic N) is 2. The lowest BCUT2D eigenvalue weighted by atomic mass is 10.0. The molecule has 0 saturated heterocycles. The highest BCUT2D eigenvalue weighted by atomic mass is 16.3. The van der Waals surface area contributed by atoms with E-state index < -0.39 is 0 Å². The Morgan fingerprint density at radius 2 is 1.74 bits per heavy atom. The maximum atomic E-state index is 12.8. The third kappa shape index (κ3) is 3.45. The van der Waals surface area contributed by atoms with Gasteiger partial charge in [-0.2, -0.15) is 0 Å². The number of aliphatic hydroxyl groups is 1. The van der Waals surface area contributed by atoms with Crippen LogP contribution in [0.4, 0.5) is 0 Å². The molecule has 2 rings (SSSR count). The molecule has 0 radical (unpaired) electrons. The SMILES string of the molecule is Cc1ccc(C2=C(N(C)CCO)C(=O)N(CC(C)C)C2=O)cc1. The summed E-state index contributed by atoms with van der Waals surface area (Å²) >= 11 is 0. The Balaban J connectivity index is 2.51. The zero-order valence-electron chi connectivity index (χ0n) is 14.2. The number of carbonyl (C=O) groups is 2. The number of benzene rings is 1. The summed E-state index contributed by atoms with van der Waals surface area (Å²) in [6.45, 7) is 6.54. The fourth-order valence-corrected chi connectivity index (χ4v) is 2.69. The van der Waals surface area contributed by atoms with Gasteiger partial charge in [0.05, 0.1) is 12.2 Å². The summed E-state index contributed by atoms with van der Waals surface area (Å²) in [5, 5.41) is 9.18. The maximum absolute atomic E-state index is 12.8. The smallest absolute Gasteiger partial charge is 0.277 e. The second-order valence-corrected chi connectivity index (χ2v) is 6.35. The average molecular weight is 316 g/mol. The molecule has 1 aliphatic rings. The largest absolute Gasteiger partial charge is 0.395 e. The summed E-state index contributed by atoms with van der Waals surface area (Å²) in [5.74, 6) is -0.341. The van der Waals surface area contributed by atoms with E-state index in [-0.39, 0.29) is 24.3 Å². The molecule has 0 aliphatic carbocycles. The minimum Gasteiger partial charge on any atom is -0.395 e. The van der Waals surface area contributed by atoms with Crippen molar-refractivity contribution in [2.45, 2.75) is 20.8 Å². The number of hydrogen-bond donors (Lipinski definition) is 1. The molecule has 1 N–H and O–H groups in total. The molecule has 0 spiro atoms. The van der Waals surface area contributed by atoms with Crippen LogP contribution in [0.1, 0.15) is 25.0 Å². The molecule has 5 heteroatoms. The molecule has 1 aliphatic heterocycles. The lowest BCUT2D eigenvalue weighted by Gasteiger charge is -2.21. The molecule has 1 aromatic carbocycles. The lowest BCUT2D eigenvalue weighted by molar-refractivity contribution is -0.138. The van der Waals surface area contributed by atoms with Crippen molar-refractivity contribution in [3.8, 4) is 0 Å². The Bertz CT molecular complexity index is 632. The highest BCUT2D eigenvalue weighted by Crippen LogP contribution is 2.31. The predicted molar refractivity (Wildman–Crippen MR) is 89.4 cm³/mol. The van der Waals surface area contributed by atoms with Gasteiger partial charge in [-0.25, -0.2) is 0 Å². The average Bonchev–Trinajstić information content (AvgIpc) is 2.72. The van der Waals surface area contributed by atoms with Crippen molar-refractivity contribution in [2.75, 3.05) is 26.7 Å². The summed E-state index contributed by atoms with van der Waals surface area (Å²) in [4.78, 5) is 28.5. The standard InChI is InChI=1S/C18H24N2O3/c1-12(2)11-20-17(22)15(14-7-5-13(3)6-8-14)16(18(20)23)19(4)9-10-21/h5-8,12,21H,9-11H2,1-4H3. The molecule has 23 heavy (non-hydrogen) atoms. The molecule has 0 atom stereocenters.